The minimum Gasteiger partial charge on any atom is -0.357 e. The fraction of sp³-hybridized carbons (Fsp3) is 0.714. The highest BCUT2D eigenvalue weighted by Gasteiger charge is 2.21. The van der Waals surface area contributed by atoms with Crippen LogP contribution in [0.1, 0.15) is 53.0 Å². The lowest BCUT2D eigenvalue weighted by Crippen LogP contribution is -2.49. The number of piperidine rings is 1. The molecule has 0 spiro atoms. The Bertz CT molecular complexity index is 557. The lowest BCUT2D eigenvalue weighted by Gasteiger charge is -2.35. The smallest absolute Gasteiger partial charge is 0.191 e. The molecule has 2 heterocycles. The van der Waals surface area contributed by atoms with Crippen molar-refractivity contribution in [1.29, 1.82) is 0 Å². The van der Waals surface area contributed by atoms with Crippen molar-refractivity contribution < 1.29 is 0 Å². The molecule has 2 rings (SSSR count). The van der Waals surface area contributed by atoms with E-state index in [1.807, 2.05) is 6.20 Å². The fourth-order valence-corrected chi connectivity index (χ4v) is 3.49. The number of nitrogens with zero attached hydrogens (tertiary/aromatic N) is 4. The molecule has 0 radical (unpaired) electrons. The average Bonchev–Trinajstić information content (AvgIpc) is 2.68. The molecule has 0 bridgehead atoms. The predicted octanol–water partition coefficient (Wildman–Crippen LogP) is 2.86. The molecule has 0 amide bonds. The Morgan fingerprint density at radius 3 is 2.44 bits per heavy atom. The van der Waals surface area contributed by atoms with Crippen LogP contribution in [0.4, 0.5) is 5.82 Å². The summed E-state index contributed by atoms with van der Waals surface area (Å²) >= 11 is 0. The van der Waals surface area contributed by atoms with Gasteiger partial charge < -0.3 is 20.4 Å². The third kappa shape index (κ3) is 6.69. The molecular weight excluding hydrogens is 336 g/mol. The predicted molar refractivity (Wildman–Crippen MR) is 115 cm³/mol. The first kappa shape index (κ1) is 21.5. The van der Waals surface area contributed by atoms with Gasteiger partial charge in [0, 0.05) is 51.0 Å². The van der Waals surface area contributed by atoms with Gasteiger partial charge in [0.15, 0.2) is 5.96 Å². The highest BCUT2D eigenvalue weighted by atomic mass is 15.2. The second-order valence-corrected chi connectivity index (χ2v) is 7.44. The summed E-state index contributed by atoms with van der Waals surface area (Å²) in [6.07, 6.45) is 4.28. The lowest BCUT2D eigenvalue weighted by molar-refractivity contribution is 0.167. The molecule has 1 aromatic heterocycles. The van der Waals surface area contributed by atoms with E-state index in [-0.39, 0.29) is 0 Å². The summed E-state index contributed by atoms with van der Waals surface area (Å²) < 4.78 is 0. The Labute approximate surface area is 165 Å². The molecule has 1 fully saturated rings. The number of aromatic nitrogens is 1. The Balaban J connectivity index is 1.91. The van der Waals surface area contributed by atoms with Crippen molar-refractivity contribution in [3.8, 4) is 0 Å². The summed E-state index contributed by atoms with van der Waals surface area (Å²) in [7, 11) is 0. The van der Waals surface area contributed by atoms with E-state index in [2.05, 4.69) is 72.2 Å². The molecule has 1 saturated heterocycles. The minimum atomic E-state index is 0.501. The van der Waals surface area contributed by atoms with Gasteiger partial charge in [0.05, 0.1) is 6.54 Å². The summed E-state index contributed by atoms with van der Waals surface area (Å²) in [4.78, 5) is 14.2. The van der Waals surface area contributed by atoms with Crippen molar-refractivity contribution in [3.63, 3.8) is 0 Å². The van der Waals surface area contributed by atoms with Crippen LogP contribution < -0.4 is 15.5 Å². The molecule has 6 nitrogen and oxygen atoms in total. The molecule has 1 aliphatic heterocycles. The van der Waals surface area contributed by atoms with E-state index in [0.29, 0.717) is 18.6 Å². The standard InChI is InChI=1S/C21H38N6/c1-6-22-21(25-19-11-13-27(14-12-19)17(4)5)24-16-18-9-10-20(23-15-18)26(7-2)8-3/h9-10,15,17,19H,6-8,11-14,16H2,1-5H3,(H2,22,24,25). The molecule has 1 aromatic rings. The number of pyridine rings is 1. The van der Waals surface area contributed by atoms with E-state index in [4.69, 9.17) is 4.99 Å². The summed E-state index contributed by atoms with van der Waals surface area (Å²) in [5.74, 6) is 1.95. The maximum absolute atomic E-state index is 4.77. The molecule has 0 unspecified atom stereocenters. The van der Waals surface area contributed by atoms with Gasteiger partial charge in [-0.1, -0.05) is 6.07 Å². The van der Waals surface area contributed by atoms with Crippen molar-refractivity contribution in [2.75, 3.05) is 37.6 Å². The SMILES string of the molecule is CCNC(=NCc1ccc(N(CC)CC)nc1)NC1CCN(C(C)C)CC1. The summed E-state index contributed by atoms with van der Waals surface area (Å²) in [5.41, 5.74) is 1.14. The zero-order valence-corrected chi connectivity index (χ0v) is 17.8. The van der Waals surface area contributed by atoms with Gasteiger partial charge in [0.25, 0.3) is 0 Å². The summed E-state index contributed by atoms with van der Waals surface area (Å²) in [6.45, 7) is 16.8. The first-order chi connectivity index (χ1) is 13.1. The summed E-state index contributed by atoms with van der Waals surface area (Å²) in [5, 5.41) is 7.00. The van der Waals surface area contributed by atoms with Gasteiger partial charge in [-0.25, -0.2) is 9.98 Å². The Hall–Kier alpha value is -1.82. The molecule has 6 heteroatoms. The van der Waals surface area contributed by atoms with E-state index in [9.17, 15) is 0 Å². The van der Waals surface area contributed by atoms with Gasteiger partial charge in [0.1, 0.15) is 5.82 Å². The highest BCUT2D eigenvalue weighted by Crippen LogP contribution is 2.13. The molecule has 152 valence electrons. The van der Waals surface area contributed by atoms with E-state index in [0.717, 1.165) is 50.1 Å². The third-order valence-corrected chi connectivity index (χ3v) is 5.26. The largest absolute Gasteiger partial charge is 0.357 e. The van der Waals surface area contributed by atoms with Crippen LogP contribution in [0.15, 0.2) is 23.3 Å². The summed E-state index contributed by atoms with van der Waals surface area (Å²) in [6, 6.07) is 5.37. The molecule has 2 N–H and O–H groups in total. The fourth-order valence-electron chi connectivity index (χ4n) is 3.49. The molecule has 0 saturated carbocycles. The zero-order valence-electron chi connectivity index (χ0n) is 17.8. The quantitative estimate of drug-likeness (QED) is 0.541. The second-order valence-electron chi connectivity index (χ2n) is 7.44. The third-order valence-electron chi connectivity index (χ3n) is 5.26. The van der Waals surface area contributed by atoms with Crippen LogP contribution >= 0.6 is 0 Å². The Morgan fingerprint density at radius 1 is 1.22 bits per heavy atom. The van der Waals surface area contributed by atoms with Crippen LogP contribution in [0.3, 0.4) is 0 Å². The van der Waals surface area contributed by atoms with E-state index < -0.39 is 0 Å². The Kier molecular flexibility index (Phi) is 8.85. The van der Waals surface area contributed by atoms with Crippen molar-refractivity contribution in [1.82, 2.24) is 20.5 Å². The van der Waals surface area contributed by atoms with Crippen LogP contribution in [-0.2, 0) is 6.54 Å². The maximum atomic E-state index is 4.77. The molecule has 1 aliphatic rings. The normalized spacial score (nSPS) is 16.6. The number of nitrogens with one attached hydrogen (secondary N) is 2. The van der Waals surface area contributed by atoms with Crippen molar-refractivity contribution in [2.45, 2.75) is 66.1 Å². The number of hydrogen-bond acceptors (Lipinski definition) is 4. The first-order valence-corrected chi connectivity index (χ1v) is 10.6. The number of rotatable bonds is 8. The van der Waals surface area contributed by atoms with Gasteiger partial charge in [-0.2, -0.15) is 0 Å². The van der Waals surface area contributed by atoms with Crippen LogP contribution in [0.5, 0.6) is 0 Å². The minimum absolute atomic E-state index is 0.501. The monoisotopic (exact) mass is 374 g/mol. The van der Waals surface area contributed by atoms with Crippen LogP contribution in [0, 0.1) is 0 Å². The van der Waals surface area contributed by atoms with Gasteiger partial charge in [-0.15, -0.1) is 0 Å². The highest BCUT2D eigenvalue weighted by molar-refractivity contribution is 5.80. The van der Waals surface area contributed by atoms with Crippen LogP contribution in [0.25, 0.3) is 0 Å². The maximum Gasteiger partial charge on any atom is 0.191 e. The molecule has 27 heavy (non-hydrogen) atoms. The topological polar surface area (TPSA) is 55.8 Å². The molecular formula is C21H38N6. The van der Waals surface area contributed by atoms with Gasteiger partial charge in [0.2, 0.25) is 0 Å². The number of likely N-dealkylation sites (tertiary alicyclic amines) is 1. The number of anilines is 1. The van der Waals surface area contributed by atoms with Gasteiger partial charge in [-0.05, 0) is 59.1 Å². The van der Waals surface area contributed by atoms with Crippen molar-refractivity contribution in [3.05, 3.63) is 23.9 Å². The molecule has 0 aliphatic carbocycles. The van der Waals surface area contributed by atoms with Gasteiger partial charge in [-0.3, -0.25) is 0 Å². The van der Waals surface area contributed by atoms with Gasteiger partial charge >= 0.3 is 0 Å². The Morgan fingerprint density at radius 2 is 1.93 bits per heavy atom. The van der Waals surface area contributed by atoms with Crippen molar-refractivity contribution in [2.24, 2.45) is 4.99 Å². The van der Waals surface area contributed by atoms with Crippen LogP contribution in [0.2, 0.25) is 0 Å². The zero-order chi connectivity index (χ0) is 19.6. The number of hydrogen-bond donors (Lipinski definition) is 2. The number of guanidine groups is 1. The second kappa shape index (κ2) is 11.1. The van der Waals surface area contributed by atoms with E-state index >= 15 is 0 Å². The van der Waals surface area contributed by atoms with E-state index in [1.54, 1.807) is 0 Å². The average molecular weight is 375 g/mol. The number of aliphatic imine (C=N–C) groups is 1. The van der Waals surface area contributed by atoms with Crippen molar-refractivity contribution >= 4 is 11.8 Å². The molecule has 0 atom stereocenters. The molecule has 0 aromatic carbocycles. The van der Waals surface area contributed by atoms with E-state index in [1.165, 1.54) is 12.8 Å². The lowest BCUT2D eigenvalue weighted by atomic mass is 10.0. The van der Waals surface area contributed by atoms with Crippen LogP contribution in [-0.4, -0.2) is 60.7 Å². The first-order valence-electron chi connectivity index (χ1n) is 10.6.